The molecule has 1 aliphatic rings. The third kappa shape index (κ3) is 2.60. The molecule has 1 aromatic carbocycles. The van der Waals surface area contributed by atoms with E-state index in [4.69, 9.17) is 0 Å². The molecule has 0 saturated carbocycles. The number of carbonyl (C=O) groups excluding carboxylic acids is 1. The maximum atomic E-state index is 13.6. The average molecular weight is 236 g/mol. The van der Waals surface area contributed by atoms with Crippen LogP contribution in [0, 0.1) is 17.0 Å². The van der Waals surface area contributed by atoms with E-state index in [0.29, 0.717) is 24.0 Å². The zero-order valence-corrected chi connectivity index (χ0v) is 9.89. The molecule has 0 aromatic heterocycles. The molecule has 0 aliphatic heterocycles. The number of rotatable bonds is 1. The average Bonchev–Trinajstić information content (AvgIpc) is 2.13. The van der Waals surface area contributed by atoms with Gasteiger partial charge in [-0.1, -0.05) is 13.8 Å². The van der Waals surface area contributed by atoms with Crippen LogP contribution in [-0.4, -0.2) is 5.78 Å². The number of carbonyl (C=O) groups is 1. The first kappa shape index (κ1) is 12.0. The van der Waals surface area contributed by atoms with Crippen molar-refractivity contribution < 1.29 is 13.6 Å². The number of hydrogen-bond acceptors (Lipinski definition) is 1. The SMILES string of the molecule is CC1(C)CC(=O)C=C(c2ccc(F)cc2F)C1. The quantitative estimate of drug-likeness (QED) is 0.726. The molecule has 0 unspecified atom stereocenters. The Morgan fingerprint density at radius 3 is 2.47 bits per heavy atom. The van der Waals surface area contributed by atoms with E-state index in [9.17, 15) is 13.6 Å². The Labute approximate surface area is 99.1 Å². The molecule has 0 bridgehead atoms. The first-order valence-corrected chi connectivity index (χ1v) is 5.56. The van der Waals surface area contributed by atoms with Gasteiger partial charge in [-0.3, -0.25) is 4.79 Å². The zero-order chi connectivity index (χ0) is 12.6. The fourth-order valence-corrected chi connectivity index (χ4v) is 2.27. The van der Waals surface area contributed by atoms with Crippen molar-refractivity contribution in [2.45, 2.75) is 26.7 Å². The van der Waals surface area contributed by atoms with E-state index in [1.165, 1.54) is 18.2 Å². The molecule has 0 fully saturated rings. The number of ketones is 1. The van der Waals surface area contributed by atoms with Crippen molar-refractivity contribution in [2.75, 3.05) is 0 Å². The van der Waals surface area contributed by atoms with Crippen LogP contribution < -0.4 is 0 Å². The molecule has 1 nitrogen and oxygen atoms in total. The van der Waals surface area contributed by atoms with Crippen LogP contribution in [0.2, 0.25) is 0 Å². The highest BCUT2D eigenvalue weighted by Gasteiger charge is 2.28. The standard InChI is InChI=1S/C14H14F2O/c1-14(2)7-9(5-11(17)8-14)12-4-3-10(15)6-13(12)16/h3-6H,7-8H2,1-2H3. The van der Waals surface area contributed by atoms with Crippen LogP contribution in [0.15, 0.2) is 24.3 Å². The van der Waals surface area contributed by atoms with Crippen LogP contribution in [0.5, 0.6) is 0 Å². The van der Waals surface area contributed by atoms with Gasteiger partial charge in [0.2, 0.25) is 0 Å². The summed E-state index contributed by atoms with van der Waals surface area (Å²) in [6.45, 7) is 3.94. The number of hydrogen-bond donors (Lipinski definition) is 0. The number of halogens is 2. The van der Waals surface area contributed by atoms with Gasteiger partial charge in [0.05, 0.1) is 0 Å². The summed E-state index contributed by atoms with van der Waals surface area (Å²) in [4.78, 5) is 11.6. The second-order valence-corrected chi connectivity index (χ2v) is 5.28. The van der Waals surface area contributed by atoms with Gasteiger partial charge in [-0.25, -0.2) is 8.78 Å². The first-order chi connectivity index (χ1) is 7.87. The Morgan fingerprint density at radius 1 is 1.18 bits per heavy atom. The van der Waals surface area contributed by atoms with Crippen LogP contribution in [0.25, 0.3) is 5.57 Å². The highest BCUT2D eigenvalue weighted by Crippen LogP contribution is 2.38. The summed E-state index contributed by atoms with van der Waals surface area (Å²) >= 11 is 0. The fraction of sp³-hybridized carbons (Fsp3) is 0.357. The number of allylic oxidation sites excluding steroid dienone is 2. The molecule has 1 aliphatic carbocycles. The van der Waals surface area contributed by atoms with E-state index >= 15 is 0 Å². The lowest BCUT2D eigenvalue weighted by molar-refractivity contribution is -0.116. The van der Waals surface area contributed by atoms with Crippen LogP contribution >= 0.6 is 0 Å². The summed E-state index contributed by atoms with van der Waals surface area (Å²) in [6, 6.07) is 3.46. The van der Waals surface area contributed by atoms with E-state index in [2.05, 4.69) is 0 Å². The molecular formula is C14H14F2O. The summed E-state index contributed by atoms with van der Waals surface area (Å²) in [6.07, 6.45) is 2.57. The summed E-state index contributed by atoms with van der Waals surface area (Å²) in [5, 5.41) is 0. The summed E-state index contributed by atoms with van der Waals surface area (Å²) in [5.74, 6) is -1.21. The largest absolute Gasteiger partial charge is 0.295 e. The van der Waals surface area contributed by atoms with Gasteiger partial charge >= 0.3 is 0 Å². The second kappa shape index (κ2) is 4.06. The van der Waals surface area contributed by atoms with Crippen LogP contribution in [0.1, 0.15) is 32.3 Å². The highest BCUT2D eigenvalue weighted by atomic mass is 19.1. The molecule has 0 saturated heterocycles. The van der Waals surface area contributed by atoms with Crippen LogP contribution in [0.3, 0.4) is 0 Å². The van der Waals surface area contributed by atoms with Crippen molar-refractivity contribution >= 4 is 11.4 Å². The minimum atomic E-state index is -0.609. The molecule has 3 heteroatoms. The van der Waals surface area contributed by atoms with Gasteiger partial charge in [0, 0.05) is 18.1 Å². The van der Waals surface area contributed by atoms with Crippen molar-refractivity contribution in [1.29, 1.82) is 0 Å². The Hall–Kier alpha value is -1.51. The molecule has 2 rings (SSSR count). The summed E-state index contributed by atoms with van der Waals surface area (Å²) < 4.78 is 26.4. The summed E-state index contributed by atoms with van der Waals surface area (Å²) in [5.41, 5.74) is 0.818. The highest BCUT2D eigenvalue weighted by molar-refractivity contribution is 5.99. The van der Waals surface area contributed by atoms with Crippen molar-refractivity contribution in [3.63, 3.8) is 0 Å². The lowest BCUT2D eigenvalue weighted by Gasteiger charge is -2.29. The van der Waals surface area contributed by atoms with Gasteiger partial charge in [-0.2, -0.15) is 0 Å². The molecule has 1 aromatic rings. The van der Waals surface area contributed by atoms with E-state index < -0.39 is 11.6 Å². The third-order valence-corrected chi connectivity index (χ3v) is 2.93. The smallest absolute Gasteiger partial charge is 0.156 e. The van der Waals surface area contributed by atoms with Crippen molar-refractivity contribution in [1.82, 2.24) is 0 Å². The van der Waals surface area contributed by atoms with Gasteiger partial charge in [-0.15, -0.1) is 0 Å². The van der Waals surface area contributed by atoms with Crippen LogP contribution in [-0.2, 0) is 4.79 Å². The second-order valence-electron chi connectivity index (χ2n) is 5.28. The maximum absolute atomic E-state index is 13.6. The lowest BCUT2D eigenvalue weighted by Crippen LogP contribution is -2.21. The summed E-state index contributed by atoms with van der Waals surface area (Å²) in [7, 11) is 0. The topological polar surface area (TPSA) is 17.1 Å². The molecule has 0 amide bonds. The van der Waals surface area contributed by atoms with Gasteiger partial charge in [0.1, 0.15) is 11.6 Å². The molecule has 0 heterocycles. The Balaban J connectivity index is 2.43. The van der Waals surface area contributed by atoms with E-state index in [-0.39, 0.29) is 11.2 Å². The molecule has 90 valence electrons. The van der Waals surface area contributed by atoms with Crippen molar-refractivity contribution in [2.24, 2.45) is 5.41 Å². The maximum Gasteiger partial charge on any atom is 0.156 e. The number of benzene rings is 1. The van der Waals surface area contributed by atoms with Gasteiger partial charge in [0.15, 0.2) is 5.78 Å². The van der Waals surface area contributed by atoms with Crippen LogP contribution in [0.4, 0.5) is 8.78 Å². The lowest BCUT2D eigenvalue weighted by atomic mass is 9.75. The Morgan fingerprint density at radius 2 is 1.88 bits per heavy atom. The fourth-order valence-electron chi connectivity index (χ4n) is 2.27. The molecule has 0 spiro atoms. The molecule has 0 radical (unpaired) electrons. The van der Waals surface area contributed by atoms with Gasteiger partial charge < -0.3 is 0 Å². The zero-order valence-electron chi connectivity index (χ0n) is 9.89. The van der Waals surface area contributed by atoms with Gasteiger partial charge in [0.25, 0.3) is 0 Å². The predicted octanol–water partition coefficient (Wildman–Crippen LogP) is 3.74. The van der Waals surface area contributed by atoms with E-state index in [0.717, 1.165) is 6.07 Å². The van der Waals surface area contributed by atoms with E-state index in [1.807, 2.05) is 13.8 Å². The monoisotopic (exact) mass is 236 g/mol. The predicted molar refractivity (Wildman–Crippen MR) is 62.4 cm³/mol. The first-order valence-electron chi connectivity index (χ1n) is 5.56. The van der Waals surface area contributed by atoms with Crippen molar-refractivity contribution in [3.8, 4) is 0 Å². The molecule has 0 N–H and O–H groups in total. The minimum Gasteiger partial charge on any atom is -0.295 e. The molecular weight excluding hydrogens is 222 g/mol. The Bertz CT molecular complexity index is 501. The van der Waals surface area contributed by atoms with Gasteiger partial charge in [-0.05, 0) is 35.6 Å². The Kier molecular flexibility index (Phi) is 2.86. The molecule has 0 atom stereocenters. The van der Waals surface area contributed by atoms with Crippen molar-refractivity contribution in [3.05, 3.63) is 41.5 Å². The minimum absolute atomic E-state index is 0.0000231. The normalized spacial score (nSPS) is 19.1. The molecule has 17 heavy (non-hydrogen) atoms. The van der Waals surface area contributed by atoms with E-state index in [1.54, 1.807) is 0 Å². The third-order valence-electron chi connectivity index (χ3n) is 2.93.